The molecule has 0 spiro atoms. The van der Waals surface area contributed by atoms with Gasteiger partial charge in [-0.25, -0.2) is 4.79 Å². The number of esters is 1. The highest BCUT2D eigenvalue weighted by atomic mass is 16.6. The van der Waals surface area contributed by atoms with E-state index < -0.39 is 5.60 Å². The average Bonchev–Trinajstić information content (AvgIpc) is 2.24. The number of carbonyl (C=O) groups is 1. The molecule has 94 valence electrons. The molecule has 0 saturated carbocycles. The van der Waals surface area contributed by atoms with Gasteiger partial charge in [0.05, 0.1) is 0 Å². The number of ether oxygens (including phenoxy) is 2. The van der Waals surface area contributed by atoms with Crippen molar-refractivity contribution < 1.29 is 14.3 Å². The van der Waals surface area contributed by atoms with E-state index in [-0.39, 0.29) is 5.97 Å². The lowest BCUT2D eigenvalue weighted by Crippen LogP contribution is -2.24. The molecule has 1 aromatic carbocycles. The maximum absolute atomic E-state index is 11.9. The summed E-state index contributed by atoms with van der Waals surface area (Å²) >= 11 is 0. The maximum atomic E-state index is 11.9. The van der Waals surface area contributed by atoms with Gasteiger partial charge in [0.1, 0.15) is 23.5 Å². The summed E-state index contributed by atoms with van der Waals surface area (Å²) in [7, 11) is 0. The summed E-state index contributed by atoms with van der Waals surface area (Å²) in [6.45, 7) is 6.26. The third-order valence-electron chi connectivity index (χ3n) is 1.88. The lowest BCUT2D eigenvalue weighted by molar-refractivity contribution is 0.00659. The van der Waals surface area contributed by atoms with Crippen molar-refractivity contribution in [2.45, 2.75) is 26.4 Å². The van der Waals surface area contributed by atoms with E-state index in [0.29, 0.717) is 24.5 Å². The number of benzene rings is 1. The summed E-state index contributed by atoms with van der Waals surface area (Å²) in [6, 6.07) is 6.99. The summed E-state index contributed by atoms with van der Waals surface area (Å²) in [5.41, 5.74) is 5.27. The first-order chi connectivity index (χ1) is 7.94. The SMILES string of the molecule is CC(C)(C)OC(=O)c1ccccc1OCCN. The summed E-state index contributed by atoms with van der Waals surface area (Å²) in [5.74, 6) is 0.123. The molecule has 0 unspecified atom stereocenters. The average molecular weight is 237 g/mol. The van der Waals surface area contributed by atoms with E-state index in [4.69, 9.17) is 15.2 Å². The van der Waals surface area contributed by atoms with Crippen LogP contribution in [0.2, 0.25) is 0 Å². The first-order valence-electron chi connectivity index (χ1n) is 5.59. The van der Waals surface area contributed by atoms with Gasteiger partial charge in [0.15, 0.2) is 0 Å². The number of nitrogens with two attached hydrogens (primary N) is 1. The van der Waals surface area contributed by atoms with Crippen molar-refractivity contribution in [3.63, 3.8) is 0 Å². The fraction of sp³-hybridized carbons (Fsp3) is 0.462. The van der Waals surface area contributed by atoms with E-state index in [2.05, 4.69) is 0 Å². The zero-order chi connectivity index (χ0) is 12.9. The Balaban J connectivity index is 2.85. The Hall–Kier alpha value is -1.55. The molecule has 0 aromatic heterocycles. The smallest absolute Gasteiger partial charge is 0.342 e. The van der Waals surface area contributed by atoms with E-state index in [1.807, 2.05) is 20.8 Å². The molecule has 0 aliphatic carbocycles. The van der Waals surface area contributed by atoms with E-state index in [9.17, 15) is 4.79 Å². The Kier molecular flexibility index (Phi) is 4.52. The summed E-state index contributed by atoms with van der Waals surface area (Å²) in [4.78, 5) is 11.9. The Bertz CT molecular complexity index is 382. The number of hydrogen-bond donors (Lipinski definition) is 1. The van der Waals surface area contributed by atoms with Crippen molar-refractivity contribution in [3.8, 4) is 5.75 Å². The van der Waals surface area contributed by atoms with Gasteiger partial charge in [0.2, 0.25) is 0 Å². The normalized spacial score (nSPS) is 11.1. The molecule has 1 aromatic rings. The van der Waals surface area contributed by atoms with Crippen molar-refractivity contribution in [1.29, 1.82) is 0 Å². The Morgan fingerprint density at radius 1 is 1.29 bits per heavy atom. The van der Waals surface area contributed by atoms with Crippen molar-refractivity contribution in [2.24, 2.45) is 5.73 Å². The lowest BCUT2D eigenvalue weighted by Gasteiger charge is -2.20. The molecular weight excluding hydrogens is 218 g/mol. The Labute approximate surface area is 102 Å². The summed E-state index contributed by atoms with van der Waals surface area (Å²) in [5, 5.41) is 0. The van der Waals surface area contributed by atoms with Crippen molar-refractivity contribution in [3.05, 3.63) is 29.8 Å². The molecule has 2 N–H and O–H groups in total. The second kappa shape index (κ2) is 5.68. The van der Waals surface area contributed by atoms with Crippen LogP contribution in [0.25, 0.3) is 0 Å². The fourth-order valence-corrected chi connectivity index (χ4v) is 1.26. The molecule has 4 nitrogen and oxygen atoms in total. The van der Waals surface area contributed by atoms with Gasteiger partial charge >= 0.3 is 5.97 Å². The third-order valence-corrected chi connectivity index (χ3v) is 1.88. The molecule has 0 heterocycles. The molecule has 4 heteroatoms. The standard InChI is InChI=1S/C13H19NO3/c1-13(2,3)17-12(15)10-6-4-5-7-11(10)16-9-8-14/h4-7H,8-9,14H2,1-3H3. The van der Waals surface area contributed by atoms with E-state index in [1.165, 1.54) is 0 Å². The van der Waals surface area contributed by atoms with E-state index in [1.54, 1.807) is 24.3 Å². The molecule has 0 aliphatic rings. The highest BCUT2D eigenvalue weighted by molar-refractivity contribution is 5.92. The topological polar surface area (TPSA) is 61.5 Å². The van der Waals surface area contributed by atoms with E-state index in [0.717, 1.165) is 0 Å². The predicted molar refractivity (Wildman–Crippen MR) is 66.2 cm³/mol. The molecule has 0 bridgehead atoms. The number of hydrogen-bond acceptors (Lipinski definition) is 4. The van der Waals surface area contributed by atoms with Gasteiger partial charge in [0.25, 0.3) is 0 Å². The first kappa shape index (κ1) is 13.5. The van der Waals surface area contributed by atoms with Gasteiger partial charge in [-0.1, -0.05) is 12.1 Å². The molecule has 1 rings (SSSR count). The molecule has 0 atom stereocenters. The van der Waals surface area contributed by atoms with Crippen LogP contribution >= 0.6 is 0 Å². The second-order valence-electron chi connectivity index (χ2n) is 4.64. The minimum absolute atomic E-state index is 0.375. The second-order valence-corrected chi connectivity index (χ2v) is 4.64. The molecule has 0 radical (unpaired) electrons. The van der Waals surface area contributed by atoms with Gasteiger partial charge in [-0.2, -0.15) is 0 Å². The lowest BCUT2D eigenvalue weighted by atomic mass is 10.1. The van der Waals surface area contributed by atoms with Crippen molar-refractivity contribution in [1.82, 2.24) is 0 Å². The molecule has 0 fully saturated rings. The van der Waals surface area contributed by atoms with Gasteiger partial charge in [-0.15, -0.1) is 0 Å². The van der Waals surface area contributed by atoms with Crippen LogP contribution in [-0.2, 0) is 4.74 Å². The van der Waals surface area contributed by atoms with Gasteiger partial charge in [-0.05, 0) is 32.9 Å². The number of carbonyl (C=O) groups excluding carboxylic acids is 1. The molecule has 0 amide bonds. The van der Waals surface area contributed by atoms with Gasteiger partial charge in [0, 0.05) is 6.54 Å². The quantitative estimate of drug-likeness (QED) is 0.813. The maximum Gasteiger partial charge on any atom is 0.342 e. The van der Waals surface area contributed by atoms with Gasteiger partial charge < -0.3 is 15.2 Å². The highest BCUT2D eigenvalue weighted by Gasteiger charge is 2.20. The number of rotatable bonds is 4. The molecule has 0 saturated heterocycles. The minimum Gasteiger partial charge on any atom is -0.491 e. The molecule has 0 aliphatic heterocycles. The zero-order valence-corrected chi connectivity index (χ0v) is 10.5. The van der Waals surface area contributed by atoms with Crippen LogP contribution in [0.4, 0.5) is 0 Å². The van der Waals surface area contributed by atoms with E-state index >= 15 is 0 Å². The van der Waals surface area contributed by atoms with Crippen LogP contribution in [-0.4, -0.2) is 24.7 Å². The van der Waals surface area contributed by atoms with Crippen LogP contribution in [0.5, 0.6) is 5.75 Å². The summed E-state index contributed by atoms with van der Waals surface area (Å²) in [6.07, 6.45) is 0. The third kappa shape index (κ3) is 4.44. The Morgan fingerprint density at radius 2 is 1.94 bits per heavy atom. The van der Waals surface area contributed by atoms with Crippen LogP contribution < -0.4 is 10.5 Å². The summed E-state index contributed by atoms with van der Waals surface area (Å²) < 4.78 is 10.7. The van der Waals surface area contributed by atoms with Crippen LogP contribution in [0.1, 0.15) is 31.1 Å². The predicted octanol–water partition coefficient (Wildman–Crippen LogP) is 1.98. The van der Waals surface area contributed by atoms with Gasteiger partial charge in [-0.3, -0.25) is 0 Å². The largest absolute Gasteiger partial charge is 0.491 e. The number of para-hydroxylation sites is 1. The Morgan fingerprint density at radius 3 is 2.53 bits per heavy atom. The van der Waals surface area contributed by atoms with Crippen molar-refractivity contribution >= 4 is 5.97 Å². The van der Waals surface area contributed by atoms with Crippen LogP contribution in [0.15, 0.2) is 24.3 Å². The fourth-order valence-electron chi connectivity index (χ4n) is 1.26. The monoisotopic (exact) mass is 237 g/mol. The first-order valence-corrected chi connectivity index (χ1v) is 5.59. The minimum atomic E-state index is -0.516. The van der Waals surface area contributed by atoms with Crippen LogP contribution in [0.3, 0.4) is 0 Å². The van der Waals surface area contributed by atoms with Crippen LogP contribution in [0, 0.1) is 0 Å². The molecular formula is C13H19NO3. The zero-order valence-electron chi connectivity index (χ0n) is 10.5. The molecule has 17 heavy (non-hydrogen) atoms. The highest BCUT2D eigenvalue weighted by Crippen LogP contribution is 2.21. The van der Waals surface area contributed by atoms with Crippen molar-refractivity contribution in [2.75, 3.05) is 13.2 Å².